The van der Waals surface area contributed by atoms with E-state index in [2.05, 4.69) is 24.4 Å². The van der Waals surface area contributed by atoms with E-state index in [0.717, 1.165) is 0 Å². The molecule has 0 fully saturated rings. The molecule has 1 aromatic carbocycles. The van der Waals surface area contributed by atoms with E-state index >= 15 is 0 Å². The van der Waals surface area contributed by atoms with Crippen molar-refractivity contribution in [1.82, 2.24) is 0 Å². The standard InChI is InChI=1S/C14H16N2O3S/c1-9-4-7-14(20-9)10(2)15-12-8-11(16(17)18)5-6-13(12)19-3/h4-8,10,15H,1-3H3. The summed E-state index contributed by atoms with van der Waals surface area (Å²) in [6.45, 7) is 4.07. The number of anilines is 1. The van der Waals surface area contributed by atoms with E-state index in [1.807, 2.05) is 6.92 Å². The number of hydrogen-bond donors (Lipinski definition) is 1. The van der Waals surface area contributed by atoms with Crippen LogP contribution in [0.5, 0.6) is 5.75 Å². The Bertz CT molecular complexity index is 625. The number of nitro benzene ring substituents is 1. The lowest BCUT2D eigenvalue weighted by molar-refractivity contribution is -0.384. The van der Waals surface area contributed by atoms with E-state index < -0.39 is 4.92 Å². The first-order valence-corrected chi connectivity index (χ1v) is 6.98. The van der Waals surface area contributed by atoms with Gasteiger partial charge in [-0.1, -0.05) is 0 Å². The molecule has 1 unspecified atom stereocenters. The van der Waals surface area contributed by atoms with Gasteiger partial charge in [-0.15, -0.1) is 11.3 Å². The number of ether oxygens (including phenoxy) is 1. The number of thiophene rings is 1. The fraction of sp³-hybridized carbons (Fsp3) is 0.286. The van der Waals surface area contributed by atoms with Crippen molar-refractivity contribution < 1.29 is 9.66 Å². The maximum Gasteiger partial charge on any atom is 0.271 e. The topological polar surface area (TPSA) is 64.4 Å². The van der Waals surface area contributed by atoms with Crippen LogP contribution in [-0.2, 0) is 0 Å². The molecule has 1 heterocycles. The molecule has 1 N–H and O–H groups in total. The highest BCUT2D eigenvalue weighted by atomic mass is 32.1. The van der Waals surface area contributed by atoms with Crippen molar-refractivity contribution in [2.75, 3.05) is 12.4 Å². The number of aryl methyl sites for hydroxylation is 1. The number of nitrogens with zero attached hydrogens (tertiary/aromatic N) is 1. The van der Waals surface area contributed by atoms with E-state index in [9.17, 15) is 10.1 Å². The molecule has 0 amide bonds. The zero-order valence-electron chi connectivity index (χ0n) is 11.5. The van der Waals surface area contributed by atoms with Crippen molar-refractivity contribution in [2.24, 2.45) is 0 Å². The molecular weight excluding hydrogens is 276 g/mol. The summed E-state index contributed by atoms with van der Waals surface area (Å²) >= 11 is 1.70. The van der Waals surface area contributed by atoms with Gasteiger partial charge in [0, 0.05) is 21.9 Å². The van der Waals surface area contributed by atoms with E-state index in [1.165, 1.54) is 21.9 Å². The Hall–Kier alpha value is -2.08. The van der Waals surface area contributed by atoms with Crippen LogP contribution >= 0.6 is 11.3 Å². The molecule has 0 bridgehead atoms. The van der Waals surface area contributed by atoms with Crippen LogP contribution in [0.1, 0.15) is 22.7 Å². The van der Waals surface area contributed by atoms with Crippen molar-refractivity contribution in [3.05, 3.63) is 50.2 Å². The summed E-state index contributed by atoms with van der Waals surface area (Å²) in [5.41, 5.74) is 0.670. The van der Waals surface area contributed by atoms with Crippen molar-refractivity contribution >= 4 is 22.7 Å². The smallest absolute Gasteiger partial charge is 0.271 e. The molecule has 0 aliphatic carbocycles. The maximum atomic E-state index is 10.9. The van der Waals surface area contributed by atoms with Crippen molar-refractivity contribution in [2.45, 2.75) is 19.9 Å². The third-order valence-electron chi connectivity index (χ3n) is 2.95. The molecule has 1 aromatic heterocycles. The van der Waals surface area contributed by atoms with Crippen molar-refractivity contribution in [3.8, 4) is 5.75 Å². The molecule has 0 saturated carbocycles. The van der Waals surface area contributed by atoms with Crippen molar-refractivity contribution in [3.63, 3.8) is 0 Å². The molecule has 6 heteroatoms. The molecule has 1 atom stereocenters. The quantitative estimate of drug-likeness (QED) is 0.664. The van der Waals surface area contributed by atoms with Gasteiger partial charge in [0.05, 0.1) is 23.8 Å². The third kappa shape index (κ3) is 3.08. The predicted octanol–water partition coefficient (Wildman–Crippen LogP) is 4.15. The second-order valence-corrected chi connectivity index (χ2v) is 5.78. The second kappa shape index (κ2) is 5.92. The van der Waals surface area contributed by atoms with Gasteiger partial charge in [-0.25, -0.2) is 0 Å². The lowest BCUT2D eigenvalue weighted by Gasteiger charge is -2.16. The Kier molecular flexibility index (Phi) is 4.24. The van der Waals surface area contributed by atoms with Gasteiger partial charge in [-0.2, -0.15) is 0 Å². The van der Waals surface area contributed by atoms with Crippen LogP contribution in [0.25, 0.3) is 0 Å². The first kappa shape index (κ1) is 14.3. The number of nitro groups is 1. The number of benzene rings is 1. The lowest BCUT2D eigenvalue weighted by atomic mass is 10.2. The van der Waals surface area contributed by atoms with Gasteiger partial charge in [0.25, 0.3) is 5.69 Å². The molecule has 20 heavy (non-hydrogen) atoms. The average molecular weight is 292 g/mol. The summed E-state index contributed by atoms with van der Waals surface area (Å²) in [4.78, 5) is 12.9. The Balaban J connectivity index is 2.27. The number of hydrogen-bond acceptors (Lipinski definition) is 5. The number of methoxy groups -OCH3 is 1. The zero-order chi connectivity index (χ0) is 14.7. The van der Waals surface area contributed by atoms with Crippen LogP contribution in [0, 0.1) is 17.0 Å². The second-order valence-electron chi connectivity index (χ2n) is 4.46. The third-order valence-corrected chi connectivity index (χ3v) is 4.14. The molecule has 0 aliphatic heterocycles. The Morgan fingerprint density at radius 2 is 2.10 bits per heavy atom. The Morgan fingerprint density at radius 3 is 2.65 bits per heavy atom. The molecule has 0 aliphatic rings. The van der Waals surface area contributed by atoms with Crippen molar-refractivity contribution in [1.29, 1.82) is 0 Å². The molecule has 2 rings (SSSR count). The average Bonchev–Trinajstić information content (AvgIpc) is 2.85. The Labute approximate surface area is 121 Å². The SMILES string of the molecule is COc1ccc([N+](=O)[O-])cc1NC(C)c1ccc(C)s1. The summed E-state index contributed by atoms with van der Waals surface area (Å²) in [6, 6.07) is 8.71. The largest absolute Gasteiger partial charge is 0.495 e. The summed E-state index contributed by atoms with van der Waals surface area (Å²) in [6.07, 6.45) is 0. The van der Waals surface area contributed by atoms with Crippen LogP contribution < -0.4 is 10.1 Å². The zero-order valence-corrected chi connectivity index (χ0v) is 12.4. The molecule has 0 spiro atoms. The highest BCUT2D eigenvalue weighted by molar-refractivity contribution is 7.12. The molecule has 2 aromatic rings. The summed E-state index contributed by atoms with van der Waals surface area (Å²) < 4.78 is 5.24. The fourth-order valence-corrected chi connectivity index (χ4v) is 2.79. The van der Waals surface area contributed by atoms with Gasteiger partial charge in [-0.3, -0.25) is 10.1 Å². The minimum Gasteiger partial charge on any atom is -0.495 e. The number of non-ortho nitro benzene ring substituents is 1. The van der Waals surface area contributed by atoms with Crippen LogP contribution in [0.3, 0.4) is 0 Å². The van der Waals surface area contributed by atoms with Crippen LogP contribution in [0.4, 0.5) is 11.4 Å². The van der Waals surface area contributed by atoms with Crippen LogP contribution in [0.15, 0.2) is 30.3 Å². The van der Waals surface area contributed by atoms with Gasteiger partial charge >= 0.3 is 0 Å². The normalized spacial score (nSPS) is 11.9. The number of nitrogens with one attached hydrogen (secondary N) is 1. The predicted molar refractivity (Wildman–Crippen MR) is 80.7 cm³/mol. The van der Waals surface area contributed by atoms with E-state index in [-0.39, 0.29) is 11.7 Å². The van der Waals surface area contributed by atoms with Crippen LogP contribution in [0.2, 0.25) is 0 Å². The Morgan fingerprint density at radius 1 is 1.35 bits per heavy atom. The lowest BCUT2D eigenvalue weighted by Crippen LogP contribution is -2.06. The summed E-state index contributed by atoms with van der Waals surface area (Å²) in [5.74, 6) is 0.593. The van der Waals surface area contributed by atoms with Gasteiger partial charge in [0.2, 0.25) is 0 Å². The van der Waals surface area contributed by atoms with E-state index in [1.54, 1.807) is 24.5 Å². The molecule has 5 nitrogen and oxygen atoms in total. The summed E-state index contributed by atoms with van der Waals surface area (Å²) in [7, 11) is 1.55. The highest BCUT2D eigenvalue weighted by Gasteiger charge is 2.14. The fourth-order valence-electron chi connectivity index (χ4n) is 1.91. The van der Waals surface area contributed by atoms with Gasteiger partial charge in [-0.05, 0) is 32.0 Å². The monoisotopic (exact) mass is 292 g/mol. The minimum absolute atomic E-state index is 0.0443. The van der Waals surface area contributed by atoms with Gasteiger partial charge < -0.3 is 10.1 Å². The maximum absolute atomic E-state index is 10.9. The first-order chi connectivity index (χ1) is 9.51. The van der Waals surface area contributed by atoms with E-state index in [4.69, 9.17) is 4.74 Å². The molecule has 106 valence electrons. The minimum atomic E-state index is -0.412. The summed E-state index contributed by atoms with van der Waals surface area (Å²) in [5, 5.41) is 14.1. The first-order valence-electron chi connectivity index (χ1n) is 6.16. The highest BCUT2D eigenvalue weighted by Crippen LogP contribution is 2.33. The molecule has 0 saturated heterocycles. The van der Waals surface area contributed by atoms with E-state index in [0.29, 0.717) is 11.4 Å². The van der Waals surface area contributed by atoms with Gasteiger partial charge in [0.1, 0.15) is 5.75 Å². The molecule has 0 radical (unpaired) electrons. The van der Waals surface area contributed by atoms with Crippen LogP contribution in [-0.4, -0.2) is 12.0 Å². The number of rotatable bonds is 5. The van der Waals surface area contributed by atoms with Gasteiger partial charge in [0.15, 0.2) is 0 Å². The molecular formula is C14H16N2O3S.